The number of benzene rings is 1. The van der Waals surface area contributed by atoms with Gasteiger partial charge in [-0.05, 0) is 42.4 Å². The Morgan fingerprint density at radius 1 is 1.33 bits per heavy atom. The molecule has 1 fully saturated rings. The summed E-state index contributed by atoms with van der Waals surface area (Å²) in [7, 11) is 0. The van der Waals surface area contributed by atoms with E-state index in [0.29, 0.717) is 11.4 Å². The first-order chi connectivity index (χ1) is 8.49. The van der Waals surface area contributed by atoms with E-state index in [-0.39, 0.29) is 11.2 Å². The first-order valence-corrected chi connectivity index (χ1v) is 6.78. The van der Waals surface area contributed by atoms with E-state index in [1.807, 2.05) is 0 Å². The molecule has 1 aliphatic rings. The van der Waals surface area contributed by atoms with Crippen LogP contribution in [0.3, 0.4) is 0 Å². The van der Waals surface area contributed by atoms with Crippen LogP contribution in [0.2, 0.25) is 0 Å². The summed E-state index contributed by atoms with van der Waals surface area (Å²) in [6.45, 7) is 5.41. The van der Waals surface area contributed by atoms with Crippen LogP contribution in [-0.4, -0.2) is 6.54 Å². The Kier molecular flexibility index (Phi) is 3.79. The molecule has 1 aromatic rings. The van der Waals surface area contributed by atoms with Gasteiger partial charge in [-0.1, -0.05) is 26.7 Å². The van der Waals surface area contributed by atoms with Crippen molar-refractivity contribution in [1.29, 1.82) is 0 Å². The third-order valence-corrected chi connectivity index (χ3v) is 4.21. The fourth-order valence-corrected chi connectivity index (χ4v) is 2.86. The van der Waals surface area contributed by atoms with Crippen LogP contribution in [-0.2, 0) is 0 Å². The number of halogens is 1. The maximum atomic E-state index is 13.2. The van der Waals surface area contributed by atoms with Crippen LogP contribution in [0.1, 0.15) is 39.5 Å². The fraction of sp³-hybridized carbons (Fsp3) is 0.600. The van der Waals surface area contributed by atoms with Crippen LogP contribution >= 0.6 is 0 Å². The van der Waals surface area contributed by atoms with Gasteiger partial charge in [0.05, 0.1) is 11.4 Å². The van der Waals surface area contributed by atoms with E-state index in [2.05, 4.69) is 19.2 Å². The van der Waals surface area contributed by atoms with E-state index in [4.69, 9.17) is 5.73 Å². The highest BCUT2D eigenvalue weighted by Gasteiger charge is 2.31. The molecule has 0 saturated heterocycles. The molecule has 0 unspecified atom stereocenters. The minimum Gasteiger partial charge on any atom is -0.397 e. The molecule has 0 radical (unpaired) electrons. The summed E-state index contributed by atoms with van der Waals surface area (Å²) < 4.78 is 13.2. The van der Waals surface area contributed by atoms with Crippen molar-refractivity contribution in [2.45, 2.75) is 39.5 Å². The number of anilines is 2. The largest absolute Gasteiger partial charge is 0.397 e. The molecule has 100 valence electrons. The molecular weight excluding hydrogens is 227 g/mol. The molecule has 2 nitrogen and oxygen atoms in total. The highest BCUT2D eigenvalue weighted by molar-refractivity contribution is 5.65. The summed E-state index contributed by atoms with van der Waals surface area (Å²) in [5.41, 5.74) is 7.39. The Morgan fingerprint density at radius 3 is 2.67 bits per heavy atom. The molecule has 18 heavy (non-hydrogen) atoms. The lowest BCUT2D eigenvalue weighted by molar-refractivity contribution is 0.234. The zero-order chi connectivity index (χ0) is 13.2. The smallest absolute Gasteiger partial charge is 0.125 e. The molecule has 0 aliphatic heterocycles. The Bertz CT molecular complexity index is 409. The van der Waals surface area contributed by atoms with E-state index in [1.165, 1.54) is 37.8 Å². The highest BCUT2D eigenvalue weighted by atomic mass is 19.1. The van der Waals surface area contributed by atoms with Gasteiger partial charge in [0, 0.05) is 6.54 Å². The quantitative estimate of drug-likeness (QED) is 0.792. The molecule has 0 heterocycles. The molecule has 1 aliphatic carbocycles. The number of rotatable bonds is 4. The maximum Gasteiger partial charge on any atom is 0.125 e. The van der Waals surface area contributed by atoms with Crippen LogP contribution in [0.5, 0.6) is 0 Å². The van der Waals surface area contributed by atoms with Crippen molar-refractivity contribution in [3.05, 3.63) is 24.0 Å². The molecule has 0 aromatic heterocycles. The molecular formula is C15H23FN2. The van der Waals surface area contributed by atoms with E-state index >= 15 is 0 Å². The van der Waals surface area contributed by atoms with Crippen LogP contribution in [0.15, 0.2) is 18.2 Å². The van der Waals surface area contributed by atoms with Gasteiger partial charge in [-0.25, -0.2) is 4.39 Å². The van der Waals surface area contributed by atoms with Gasteiger partial charge >= 0.3 is 0 Å². The van der Waals surface area contributed by atoms with Crippen molar-refractivity contribution in [1.82, 2.24) is 0 Å². The van der Waals surface area contributed by atoms with Crippen molar-refractivity contribution in [2.24, 2.45) is 11.3 Å². The number of hydrogen-bond donors (Lipinski definition) is 2. The zero-order valence-electron chi connectivity index (χ0n) is 11.3. The first-order valence-electron chi connectivity index (χ1n) is 6.78. The normalized spacial score (nSPS) is 17.1. The van der Waals surface area contributed by atoms with Gasteiger partial charge in [-0.3, -0.25) is 0 Å². The summed E-state index contributed by atoms with van der Waals surface area (Å²) in [5.74, 6) is 0.519. The Hall–Kier alpha value is -1.25. The van der Waals surface area contributed by atoms with Crippen molar-refractivity contribution in [3.63, 3.8) is 0 Å². The van der Waals surface area contributed by atoms with Crippen molar-refractivity contribution in [3.8, 4) is 0 Å². The lowest BCUT2D eigenvalue weighted by Crippen LogP contribution is -2.30. The van der Waals surface area contributed by atoms with E-state index in [9.17, 15) is 4.39 Å². The Balaban J connectivity index is 1.99. The second-order valence-corrected chi connectivity index (χ2v) is 6.06. The number of nitrogens with two attached hydrogens (primary N) is 1. The average molecular weight is 250 g/mol. The van der Waals surface area contributed by atoms with Gasteiger partial charge in [-0.15, -0.1) is 0 Å². The number of hydrogen-bond acceptors (Lipinski definition) is 2. The Morgan fingerprint density at radius 2 is 2.00 bits per heavy atom. The van der Waals surface area contributed by atoms with Crippen LogP contribution in [0.25, 0.3) is 0 Å². The van der Waals surface area contributed by atoms with Gasteiger partial charge in [0.2, 0.25) is 0 Å². The molecule has 3 N–H and O–H groups in total. The van der Waals surface area contributed by atoms with Crippen LogP contribution in [0.4, 0.5) is 15.8 Å². The van der Waals surface area contributed by atoms with Crippen LogP contribution in [0, 0.1) is 17.2 Å². The second-order valence-electron chi connectivity index (χ2n) is 6.06. The van der Waals surface area contributed by atoms with Gasteiger partial charge < -0.3 is 11.1 Å². The average Bonchev–Trinajstić information content (AvgIpc) is 2.85. The minimum absolute atomic E-state index is 0.231. The SMILES string of the molecule is CC(C)(CNc1cc(F)ccc1N)C1CCCC1. The molecule has 0 atom stereocenters. The molecule has 0 spiro atoms. The number of nitrogens with one attached hydrogen (secondary N) is 1. The second kappa shape index (κ2) is 5.17. The van der Waals surface area contributed by atoms with E-state index < -0.39 is 0 Å². The van der Waals surface area contributed by atoms with Gasteiger partial charge in [0.25, 0.3) is 0 Å². The first kappa shape index (κ1) is 13.2. The zero-order valence-corrected chi connectivity index (χ0v) is 11.3. The Labute approximate surface area is 109 Å². The van der Waals surface area contributed by atoms with Crippen molar-refractivity contribution in [2.75, 3.05) is 17.6 Å². The molecule has 3 heteroatoms. The standard InChI is InChI=1S/C15H23FN2/c1-15(2,11-5-3-4-6-11)10-18-14-9-12(16)7-8-13(14)17/h7-9,11,18H,3-6,10,17H2,1-2H3. The highest BCUT2D eigenvalue weighted by Crippen LogP contribution is 2.39. The van der Waals surface area contributed by atoms with Crippen LogP contribution < -0.4 is 11.1 Å². The summed E-state index contributed by atoms with van der Waals surface area (Å²) in [6, 6.07) is 4.48. The van der Waals surface area contributed by atoms with E-state index in [0.717, 1.165) is 12.5 Å². The molecule has 0 amide bonds. The predicted molar refractivity (Wildman–Crippen MR) is 75.0 cm³/mol. The lowest BCUT2D eigenvalue weighted by atomic mass is 9.77. The summed E-state index contributed by atoms with van der Waals surface area (Å²) >= 11 is 0. The minimum atomic E-state index is -0.245. The topological polar surface area (TPSA) is 38.0 Å². The molecule has 0 bridgehead atoms. The van der Waals surface area contributed by atoms with Gasteiger partial charge in [0.1, 0.15) is 5.82 Å². The molecule has 2 rings (SSSR count). The fourth-order valence-electron chi connectivity index (χ4n) is 2.86. The van der Waals surface area contributed by atoms with Gasteiger partial charge in [-0.2, -0.15) is 0 Å². The monoisotopic (exact) mass is 250 g/mol. The molecule has 1 aromatic carbocycles. The maximum absolute atomic E-state index is 13.2. The molecule has 1 saturated carbocycles. The van der Waals surface area contributed by atoms with Gasteiger partial charge in [0.15, 0.2) is 0 Å². The third kappa shape index (κ3) is 2.95. The summed E-state index contributed by atoms with van der Waals surface area (Å²) in [6.07, 6.45) is 5.31. The van der Waals surface area contributed by atoms with Crippen molar-refractivity contribution >= 4 is 11.4 Å². The van der Waals surface area contributed by atoms with Crippen molar-refractivity contribution < 1.29 is 4.39 Å². The predicted octanol–water partition coefficient (Wildman–Crippen LogP) is 4.04. The summed E-state index contributed by atoms with van der Waals surface area (Å²) in [5, 5.41) is 3.31. The number of nitrogen functional groups attached to an aromatic ring is 1. The third-order valence-electron chi connectivity index (χ3n) is 4.21. The summed E-state index contributed by atoms with van der Waals surface area (Å²) in [4.78, 5) is 0. The van der Waals surface area contributed by atoms with E-state index in [1.54, 1.807) is 6.07 Å². The lowest BCUT2D eigenvalue weighted by Gasteiger charge is -2.32.